The van der Waals surface area contributed by atoms with E-state index in [4.69, 9.17) is 0 Å². The predicted molar refractivity (Wildman–Crippen MR) is 99.0 cm³/mol. The summed E-state index contributed by atoms with van der Waals surface area (Å²) in [6.07, 6.45) is 2.05. The second-order valence-electron chi connectivity index (χ2n) is 6.92. The maximum absolute atomic E-state index is 11.6. The summed E-state index contributed by atoms with van der Waals surface area (Å²) in [6, 6.07) is 8.50. The Labute approximate surface area is 146 Å². The van der Waals surface area contributed by atoms with Gasteiger partial charge in [-0.2, -0.15) is 5.10 Å². The molecule has 1 saturated heterocycles. The second kappa shape index (κ2) is 6.40. The van der Waals surface area contributed by atoms with Crippen LogP contribution >= 0.6 is 0 Å². The highest BCUT2D eigenvalue weighted by atomic mass is 16.1. The van der Waals surface area contributed by atoms with Gasteiger partial charge in [-0.15, -0.1) is 0 Å². The molecule has 0 atom stereocenters. The van der Waals surface area contributed by atoms with Crippen molar-refractivity contribution in [3.8, 4) is 0 Å². The number of anilines is 1. The monoisotopic (exact) mass is 340 g/mol. The molecule has 3 aromatic rings. The lowest BCUT2D eigenvalue weighted by Gasteiger charge is -2.35. The van der Waals surface area contributed by atoms with Gasteiger partial charge in [0.2, 0.25) is 0 Å². The van der Waals surface area contributed by atoms with Gasteiger partial charge in [-0.05, 0) is 32.0 Å². The third kappa shape index (κ3) is 3.19. The van der Waals surface area contributed by atoms with Crippen molar-refractivity contribution in [1.29, 1.82) is 0 Å². The number of fused-ring (bicyclic) bond motifs is 1. The summed E-state index contributed by atoms with van der Waals surface area (Å²) in [7, 11) is 0. The third-order valence-electron chi connectivity index (χ3n) is 4.82. The molecular formula is C18H24N6O. The first-order valence-electron chi connectivity index (χ1n) is 8.82. The molecule has 2 aromatic heterocycles. The maximum Gasteiger partial charge on any atom is 0.323 e. The Morgan fingerprint density at radius 1 is 1.12 bits per heavy atom. The lowest BCUT2D eigenvalue weighted by atomic mass is 10.2. The number of rotatable bonds is 4. The van der Waals surface area contributed by atoms with E-state index in [2.05, 4.69) is 57.0 Å². The van der Waals surface area contributed by atoms with Crippen molar-refractivity contribution < 1.29 is 0 Å². The Hall–Kier alpha value is -2.54. The van der Waals surface area contributed by atoms with Gasteiger partial charge in [0.05, 0.1) is 22.4 Å². The number of H-pyrrole nitrogens is 2. The highest BCUT2D eigenvalue weighted by molar-refractivity contribution is 5.88. The van der Waals surface area contributed by atoms with Gasteiger partial charge in [-0.25, -0.2) is 4.79 Å². The van der Waals surface area contributed by atoms with Crippen molar-refractivity contribution in [2.75, 3.05) is 31.1 Å². The minimum absolute atomic E-state index is 0.151. The molecule has 0 radical (unpaired) electrons. The molecule has 132 valence electrons. The highest BCUT2D eigenvalue weighted by Gasteiger charge is 2.20. The van der Waals surface area contributed by atoms with E-state index in [0.717, 1.165) is 55.1 Å². The van der Waals surface area contributed by atoms with Crippen LogP contribution in [0.1, 0.15) is 25.6 Å². The van der Waals surface area contributed by atoms with Crippen LogP contribution < -0.4 is 10.6 Å². The van der Waals surface area contributed by atoms with Gasteiger partial charge >= 0.3 is 5.69 Å². The van der Waals surface area contributed by atoms with E-state index in [1.165, 1.54) is 0 Å². The smallest absolute Gasteiger partial charge is 0.323 e. The standard InChI is InChI=1S/C18H24N6O/c1-13(2)24-7-6-14(21-24)12-22-8-10-23(11-9-22)16-5-3-4-15-17(16)20-18(25)19-15/h3-7,13H,8-12H2,1-2H3,(H2,19,20,25). The highest BCUT2D eigenvalue weighted by Crippen LogP contribution is 2.24. The van der Waals surface area contributed by atoms with Crippen LogP contribution in [0.2, 0.25) is 0 Å². The number of hydrogen-bond donors (Lipinski definition) is 2. The number of nitrogens with one attached hydrogen (secondary N) is 2. The van der Waals surface area contributed by atoms with E-state index < -0.39 is 0 Å². The van der Waals surface area contributed by atoms with E-state index in [9.17, 15) is 4.79 Å². The average molecular weight is 340 g/mol. The topological polar surface area (TPSA) is 72.9 Å². The molecule has 0 aliphatic carbocycles. The van der Waals surface area contributed by atoms with E-state index in [-0.39, 0.29) is 5.69 Å². The molecule has 1 fully saturated rings. The number of benzene rings is 1. The minimum Gasteiger partial charge on any atom is -0.367 e. The molecule has 0 amide bonds. The predicted octanol–water partition coefficient (Wildman–Crippen LogP) is 1.96. The number of aromatic amines is 2. The van der Waals surface area contributed by atoms with Crippen LogP contribution in [0.5, 0.6) is 0 Å². The number of piperazine rings is 1. The molecule has 4 rings (SSSR count). The van der Waals surface area contributed by atoms with Crippen molar-refractivity contribution in [1.82, 2.24) is 24.6 Å². The van der Waals surface area contributed by atoms with Crippen molar-refractivity contribution in [3.05, 3.63) is 46.6 Å². The number of para-hydroxylation sites is 1. The quantitative estimate of drug-likeness (QED) is 0.761. The Kier molecular flexibility index (Phi) is 4.09. The van der Waals surface area contributed by atoms with Crippen molar-refractivity contribution in [2.45, 2.75) is 26.4 Å². The van der Waals surface area contributed by atoms with Gasteiger partial charge in [0.15, 0.2) is 0 Å². The largest absolute Gasteiger partial charge is 0.367 e. The van der Waals surface area contributed by atoms with Crippen LogP contribution in [0.4, 0.5) is 5.69 Å². The lowest BCUT2D eigenvalue weighted by Crippen LogP contribution is -2.46. The molecule has 1 aliphatic rings. The normalized spacial score (nSPS) is 16.2. The van der Waals surface area contributed by atoms with Crippen LogP contribution in [0.3, 0.4) is 0 Å². The first-order valence-corrected chi connectivity index (χ1v) is 8.82. The fourth-order valence-corrected chi connectivity index (χ4v) is 3.43. The van der Waals surface area contributed by atoms with Gasteiger partial charge in [0.25, 0.3) is 0 Å². The summed E-state index contributed by atoms with van der Waals surface area (Å²) in [5.41, 5.74) is 3.83. The summed E-state index contributed by atoms with van der Waals surface area (Å²) >= 11 is 0. The van der Waals surface area contributed by atoms with Crippen LogP contribution in [-0.4, -0.2) is 50.8 Å². The average Bonchev–Trinajstić information content (AvgIpc) is 3.21. The molecule has 7 heteroatoms. The Balaban J connectivity index is 1.43. The fraction of sp³-hybridized carbons (Fsp3) is 0.444. The summed E-state index contributed by atoms with van der Waals surface area (Å²) in [5, 5.41) is 4.64. The molecule has 2 N–H and O–H groups in total. The second-order valence-corrected chi connectivity index (χ2v) is 6.92. The van der Waals surface area contributed by atoms with Crippen LogP contribution in [-0.2, 0) is 6.54 Å². The van der Waals surface area contributed by atoms with Gasteiger partial charge < -0.3 is 14.9 Å². The van der Waals surface area contributed by atoms with E-state index in [1.807, 2.05) is 16.8 Å². The summed E-state index contributed by atoms with van der Waals surface area (Å²) in [5.74, 6) is 0. The lowest BCUT2D eigenvalue weighted by molar-refractivity contribution is 0.246. The van der Waals surface area contributed by atoms with Crippen LogP contribution in [0.25, 0.3) is 11.0 Å². The SMILES string of the molecule is CC(C)n1ccc(CN2CCN(c3cccc4[nH]c(=O)[nH]c34)CC2)n1. The molecule has 0 bridgehead atoms. The first kappa shape index (κ1) is 16.0. The molecular weight excluding hydrogens is 316 g/mol. The Morgan fingerprint density at radius 2 is 1.92 bits per heavy atom. The van der Waals surface area contributed by atoms with Gasteiger partial charge in [0, 0.05) is 45.0 Å². The molecule has 3 heterocycles. The van der Waals surface area contributed by atoms with Gasteiger partial charge in [-0.1, -0.05) is 6.07 Å². The zero-order valence-corrected chi connectivity index (χ0v) is 14.7. The van der Waals surface area contributed by atoms with Crippen molar-refractivity contribution in [2.24, 2.45) is 0 Å². The first-order chi connectivity index (χ1) is 12.1. The molecule has 25 heavy (non-hydrogen) atoms. The zero-order chi connectivity index (χ0) is 17.4. The number of hydrogen-bond acceptors (Lipinski definition) is 4. The minimum atomic E-state index is -0.151. The maximum atomic E-state index is 11.6. The molecule has 0 spiro atoms. The number of aromatic nitrogens is 4. The van der Waals surface area contributed by atoms with Crippen molar-refractivity contribution in [3.63, 3.8) is 0 Å². The molecule has 7 nitrogen and oxygen atoms in total. The van der Waals surface area contributed by atoms with E-state index in [1.54, 1.807) is 0 Å². The van der Waals surface area contributed by atoms with Gasteiger partial charge in [-0.3, -0.25) is 9.58 Å². The molecule has 1 aliphatic heterocycles. The van der Waals surface area contributed by atoms with E-state index in [0.29, 0.717) is 6.04 Å². The summed E-state index contributed by atoms with van der Waals surface area (Å²) < 4.78 is 2.01. The summed E-state index contributed by atoms with van der Waals surface area (Å²) in [6.45, 7) is 9.02. The molecule has 0 unspecified atom stereocenters. The third-order valence-corrected chi connectivity index (χ3v) is 4.82. The molecule has 1 aromatic carbocycles. The van der Waals surface area contributed by atoms with E-state index >= 15 is 0 Å². The Bertz CT molecular complexity index is 913. The fourth-order valence-electron chi connectivity index (χ4n) is 3.43. The van der Waals surface area contributed by atoms with Crippen LogP contribution in [0, 0.1) is 0 Å². The Morgan fingerprint density at radius 3 is 2.64 bits per heavy atom. The van der Waals surface area contributed by atoms with Gasteiger partial charge in [0.1, 0.15) is 0 Å². The van der Waals surface area contributed by atoms with Crippen molar-refractivity contribution >= 4 is 16.7 Å². The molecule has 0 saturated carbocycles. The zero-order valence-electron chi connectivity index (χ0n) is 14.7. The summed E-state index contributed by atoms with van der Waals surface area (Å²) in [4.78, 5) is 22.1. The number of nitrogens with zero attached hydrogens (tertiary/aromatic N) is 4. The number of imidazole rings is 1. The van der Waals surface area contributed by atoms with Crippen LogP contribution in [0.15, 0.2) is 35.3 Å².